The second-order valence-electron chi connectivity index (χ2n) is 12.2. The number of carbonyl (C=O) groups is 3. The molecule has 4 aromatic rings. The van der Waals surface area contributed by atoms with E-state index in [4.69, 9.17) is 17.3 Å². The van der Waals surface area contributed by atoms with Gasteiger partial charge in [0.25, 0.3) is 17.7 Å². The molecule has 1 fully saturated rings. The standard InChI is InChI=1S/C36H34ClF4N7O3/c1-20(38)34(50)45-24-9-5-21(6-10-24)31-29(22-7-11-26(27(37)17-22)35(51)44-19-36(39,40)41)30-32(47(31)4)23(18-43-33(30)42)8-12-28(49)48-15-13-25(14-16-48)46(2)3/h5-7,9-11,17-18,25H,1,13-16,19H2,2-4H3,(H2,42,43)(H,44,51)(H,45,50). The zero-order valence-corrected chi connectivity index (χ0v) is 28.7. The molecule has 3 heterocycles. The van der Waals surface area contributed by atoms with Crippen LogP contribution in [-0.4, -0.2) is 83.0 Å². The molecule has 0 saturated carbocycles. The number of nitrogen functional groups attached to an aromatic ring is 1. The Hall–Kier alpha value is -5.39. The molecule has 0 radical (unpaired) electrons. The number of pyridine rings is 1. The van der Waals surface area contributed by atoms with Crippen molar-refractivity contribution in [3.05, 3.63) is 77.2 Å². The highest BCUT2D eigenvalue weighted by Gasteiger charge is 2.29. The van der Waals surface area contributed by atoms with E-state index in [1.165, 1.54) is 24.4 Å². The number of hydrogen-bond acceptors (Lipinski definition) is 6. The topological polar surface area (TPSA) is 126 Å². The fourth-order valence-corrected chi connectivity index (χ4v) is 6.31. The molecule has 4 N–H and O–H groups in total. The van der Waals surface area contributed by atoms with Crippen LogP contribution in [-0.2, 0) is 16.6 Å². The molecule has 1 saturated heterocycles. The van der Waals surface area contributed by atoms with Crippen molar-refractivity contribution in [1.82, 2.24) is 24.7 Å². The molecule has 10 nitrogen and oxygen atoms in total. The van der Waals surface area contributed by atoms with Crippen LogP contribution in [0.5, 0.6) is 0 Å². The van der Waals surface area contributed by atoms with Gasteiger partial charge >= 0.3 is 6.18 Å². The first-order valence-electron chi connectivity index (χ1n) is 15.7. The van der Waals surface area contributed by atoms with Gasteiger partial charge in [-0.05, 0) is 62.3 Å². The quantitative estimate of drug-likeness (QED) is 0.127. The van der Waals surface area contributed by atoms with Crippen LogP contribution in [0.3, 0.4) is 0 Å². The summed E-state index contributed by atoms with van der Waals surface area (Å²) in [7, 11) is 5.78. The molecule has 2 aromatic heterocycles. The number of anilines is 2. The third-order valence-electron chi connectivity index (χ3n) is 8.64. The number of likely N-dealkylation sites (tertiary alicyclic amines) is 1. The van der Waals surface area contributed by atoms with Crippen LogP contribution < -0.4 is 16.4 Å². The molecule has 0 spiro atoms. The smallest absolute Gasteiger partial charge is 0.383 e. The van der Waals surface area contributed by atoms with E-state index in [1.807, 2.05) is 19.4 Å². The van der Waals surface area contributed by atoms with Crippen molar-refractivity contribution in [3.63, 3.8) is 0 Å². The maximum atomic E-state index is 13.3. The van der Waals surface area contributed by atoms with Crippen LogP contribution in [0.1, 0.15) is 28.8 Å². The molecule has 5 rings (SSSR count). The van der Waals surface area contributed by atoms with Crippen LogP contribution in [0.25, 0.3) is 33.3 Å². The van der Waals surface area contributed by atoms with E-state index < -0.39 is 30.4 Å². The van der Waals surface area contributed by atoms with Gasteiger partial charge < -0.3 is 30.7 Å². The van der Waals surface area contributed by atoms with E-state index in [0.717, 1.165) is 12.8 Å². The summed E-state index contributed by atoms with van der Waals surface area (Å²) in [5.41, 5.74) is 9.62. The highest BCUT2D eigenvalue weighted by atomic mass is 35.5. The SMILES string of the molecule is C=C(F)C(=O)Nc1ccc(-c2c(-c3ccc(C(=O)NCC(F)(F)F)c(Cl)c3)c3c(N)ncc(C#CC(=O)N4CCC(N(C)C)CC4)c3n2C)cc1. The predicted octanol–water partition coefficient (Wildman–Crippen LogP) is 5.76. The number of benzene rings is 2. The van der Waals surface area contributed by atoms with Gasteiger partial charge in [0.2, 0.25) is 0 Å². The first kappa shape index (κ1) is 36.9. The molecule has 1 aliphatic rings. The summed E-state index contributed by atoms with van der Waals surface area (Å²) in [5.74, 6) is 2.35. The minimum atomic E-state index is -4.61. The summed E-state index contributed by atoms with van der Waals surface area (Å²) in [6, 6.07) is 11.1. The van der Waals surface area contributed by atoms with Crippen molar-refractivity contribution < 1.29 is 31.9 Å². The lowest BCUT2D eigenvalue weighted by atomic mass is 9.96. The number of piperidine rings is 1. The Morgan fingerprint density at radius 3 is 2.33 bits per heavy atom. The molecule has 0 unspecified atom stereocenters. The third-order valence-corrected chi connectivity index (χ3v) is 8.95. The van der Waals surface area contributed by atoms with Crippen molar-refractivity contribution in [3.8, 4) is 34.2 Å². The Morgan fingerprint density at radius 2 is 1.75 bits per heavy atom. The van der Waals surface area contributed by atoms with Gasteiger partial charge in [0.05, 0.1) is 32.7 Å². The van der Waals surface area contributed by atoms with Gasteiger partial charge in [-0.15, -0.1) is 0 Å². The Balaban J connectivity index is 1.62. The van der Waals surface area contributed by atoms with E-state index in [-0.39, 0.29) is 22.3 Å². The number of aryl methyl sites for hydroxylation is 1. The number of halogens is 5. The molecule has 266 valence electrons. The number of nitrogens with two attached hydrogens (primary N) is 1. The lowest BCUT2D eigenvalue weighted by Crippen LogP contribution is -2.44. The van der Waals surface area contributed by atoms with Crippen molar-refractivity contribution in [2.75, 3.05) is 44.8 Å². The fraction of sp³-hybridized carbons (Fsp3) is 0.278. The van der Waals surface area contributed by atoms with E-state index in [1.54, 1.807) is 40.8 Å². The molecule has 0 bridgehead atoms. The monoisotopic (exact) mass is 723 g/mol. The number of rotatable bonds is 7. The Labute approximate surface area is 296 Å². The molecular formula is C36H34ClF4N7O3. The second-order valence-corrected chi connectivity index (χ2v) is 12.6. The zero-order chi connectivity index (χ0) is 37.2. The highest BCUT2D eigenvalue weighted by Crippen LogP contribution is 2.44. The average Bonchev–Trinajstić information content (AvgIpc) is 3.40. The van der Waals surface area contributed by atoms with Crippen LogP contribution in [0.4, 0.5) is 29.1 Å². The van der Waals surface area contributed by atoms with Gasteiger partial charge in [-0.25, -0.2) is 9.37 Å². The number of nitrogens with zero attached hydrogens (tertiary/aromatic N) is 4. The second kappa shape index (κ2) is 14.8. The Bertz CT molecular complexity index is 2090. The number of amides is 3. The van der Waals surface area contributed by atoms with Crippen molar-refractivity contribution in [1.29, 1.82) is 0 Å². The van der Waals surface area contributed by atoms with Gasteiger partial charge in [-0.3, -0.25) is 14.4 Å². The van der Waals surface area contributed by atoms with E-state index in [9.17, 15) is 31.9 Å². The normalized spacial score (nSPS) is 13.5. The van der Waals surface area contributed by atoms with Crippen LogP contribution in [0.15, 0.2) is 61.1 Å². The van der Waals surface area contributed by atoms with Crippen molar-refractivity contribution in [2.45, 2.75) is 25.1 Å². The molecule has 51 heavy (non-hydrogen) atoms. The molecule has 0 aliphatic carbocycles. The minimum absolute atomic E-state index is 0.109. The molecular weight excluding hydrogens is 690 g/mol. The van der Waals surface area contributed by atoms with Gasteiger partial charge in [0.1, 0.15) is 12.4 Å². The molecule has 0 atom stereocenters. The largest absolute Gasteiger partial charge is 0.405 e. The van der Waals surface area contributed by atoms with E-state index in [0.29, 0.717) is 63.7 Å². The Morgan fingerprint density at radius 1 is 1.10 bits per heavy atom. The first-order chi connectivity index (χ1) is 24.1. The molecule has 1 aliphatic heterocycles. The number of aromatic nitrogens is 2. The summed E-state index contributed by atoms with van der Waals surface area (Å²) in [6.07, 6.45) is -1.49. The van der Waals surface area contributed by atoms with Crippen LogP contribution >= 0.6 is 11.6 Å². The third kappa shape index (κ3) is 8.16. The molecule has 3 amide bonds. The first-order valence-corrected chi connectivity index (χ1v) is 16.1. The van der Waals surface area contributed by atoms with E-state index >= 15 is 0 Å². The fourth-order valence-electron chi connectivity index (χ4n) is 6.05. The lowest BCUT2D eigenvalue weighted by Gasteiger charge is -2.34. The lowest BCUT2D eigenvalue weighted by molar-refractivity contribution is -0.126. The number of hydrogen-bond donors (Lipinski definition) is 3. The number of alkyl halides is 3. The zero-order valence-electron chi connectivity index (χ0n) is 27.9. The van der Waals surface area contributed by atoms with Crippen LogP contribution in [0.2, 0.25) is 5.02 Å². The predicted molar refractivity (Wildman–Crippen MR) is 188 cm³/mol. The summed E-state index contributed by atoms with van der Waals surface area (Å²) in [5, 5.41) is 4.54. The van der Waals surface area contributed by atoms with Gasteiger partial charge in [0.15, 0.2) is 5.83 Å². The average molecular weight is 724 g/mol. The maximum Gasteiger partial charge on any atom is 0.405 e. The molecule has 2 aromatic carbocycles. The number of nitrogens with one attached hydrogen (secondary N) is 2. The maximum absolute atomic E-state index is 13.3. The Kier molecular flexibility index (Phi) is 10.7. The van der Waals surface area contributed by atoms with E-state index in [2.05, 4.69) is 33.6 Å². The molecule has 15 heteroatoms. The number of carbonyl (C=O) groups excluding carboxylic acids is 3. The highest BCUT2D eigenvalue weighted by molar-refractivity contribution is 6.34. The summed E-state index contributed by atoms with van der Waals surface area (Å²) >= 11 is 6.49. The van der Waals surface area contributed by atoms with Crippen molar-refractivity contribution >= 4 is 51.7 Å². The van der Waals surface area contributed by atoms with Gasteiger partial charge in [0, 0.05) is 49.5 Å². The summed E-state index contributed by atoms with van der Waals surface area (Å²) in [6.45, 7) is 2.62. The minimum Gasteiger partial charge on any atom is -0.383 e. The van der Waals surface area contributed by atoms with Gasteiger partial charge in [-0.1, -0.05) is 42.3 Å². The summed E-state index contributed by atoms with van der Waals surface area (Å²) in [4.78, 5) is 45.8. The van der Waals surface area contributed by atoms with Crippen LogP contribution in [0, 0.1) is 11.8 Å². The van der Waals surface area contributed by atoms with Crippen molar-refractivity contribution in [2.24, 2.45) is 7.05 Å². The van der Waals surface area contributed by atoms with Gasteiger partial charge in [-0.2, -0.15) is 13.2 Å². The number of fused-ring (bicyclic) bond motifs is 1. The summed E-state index contributed by atoms with van der Waals surface area (Å²) < 4.78 is 53.4.